The number of carbonyl (C=O) groups excluding carboxylic acids is 1. The largest absolute Gasteiger partial charge is 0.389 e. The van der Waals surface area contributed by atoms with E-state index >= 15 is 0 Å². The third-order valence-electron chi connectivity index (χ3n) is 1.84. The molecule has 0 aliphatic carbocycles. The number of hydrogen-bond donors (Lipinski definition) is 1. The fraction of sp³-hybridized carbons (Fsp3) is 0.375. The van der Waals surface area contributed by atoms with Crippen LogP contribution < -0.4 is 0 Å². The molecule has 1 amide bonds. The maximum Gasteiger partial charge on any atom is 0.288 e. The van der Waals surface area contributed by atoms with Gasteiger partial charge in [-0.05, 0) is 34.0 Å². The molecule has 1 fully saturated rings. The maximum absolute atomic E-state index is 11.8. The van der Waals surface area contributed by atoms with Crippen LogP contribution in [0.4, 0.5) is 0 Å². The van der Waals surface area contributed by atoms with Gasteiger partial charge in [0.15, 0.2) is 0 Å². The van der Waals surface area contributed by atoms with Crippen molar-refractivity contribution in [3.63, 3.8) is 0 Å². The summed E-state index contributed by atoms with van der Waals surface area (Å²) in [5.41, 5.74) is 0. The number of aliphatic hydroxyl groups is 1. The standard InChI is InChI=1S/C8H8INO3S/c9-6-1-2-14-7(6)8(12)10-3-5(11)4-13-10/h1-2,5,11H,3-4H2/t5-/m1/s1. The summed E-state index contributed by atoms with van der Waals surface area (Å²) in [6.07, 6.45) is -0.559. The first-order valence-electron chi connectivity index (χ1n) is 4.04. The van der Waals surface area contributed by atoms with Crippen LogP contribution in [0.25, 0.3) is 0 Å². The van der Waals surface area contributed by atoms with Gasteiger partial charge in [-0.3, -0.25) is 9.63 Å². The van der Waals surface area contributed by atoms with Crippen molar-refractivity contribution in [2.24, 2.45) is 0 Å². The zero-order valence-electron chi connectivity index (χ0n) is 7.14. The van der Waals surface area contributed by atoms with Gasteiger partial charge in [-0.15, -0.1) is 11.3 Å². The van der Waals surface area contributed by atoms with E-state index in [9.17, 15) is 9.90 Å². The highest BCUT2D eigenvalue weighted by atomic mass is 127. The van der Waals surface area contributed by atoms with Crippen molar-refractivity contribution in [2.45, 2.75) is 6.10 Å². The van der Waals surface area contributed by atoms with Crippen LogP contribution in [0.1, 0.15) is 9.67 Å². The number of halogens is 1. The minimum absolute atomic E-state index is 0.166. The Labute approximate surface area is 98.6 Å². The monoisotopic (exact) mass is 325 g/mol. The molecule has 2 rings (SSSR count). The lowest BCUT2D eigenvalue weighted by Crippen LogP contribution is -2.28. The van der Waals surface area contributed by atoms with Crippen LogP contribution in [0.2, 0.25) is 0 Å². The number of carbonyl (C=O) groups is 1. The normalized spacial score (nSPS) is 21.6. The molecule has 0 aromatic carbocycles. The number of β-amino-alcohol motifs (C(OH)–C–C–N with tert-alkyl or cyclic N) is 1. The van der Waals surface area contributed by atoms with E-state index in [-0.39, 0.29) is 19.1 Å². The number of rotatable bonds is 1. The van der Waals surface area contributed by atoms with Crippen molar-refractivity contribution in [3.8, 4) is 0 Å². The van der Waals surface area contributed by atoms with E-state index in [1.165, 1.54) is 16.4 Å². The molecule has 4 nitrogen and oxygen atoms in total. The molecule has 1 atom stereocenters. The molecule has 6 heteroatoms. The predicted molar refractivity (Wildman–Crippen MR) is 60.0 cm³/mol. The predicted octanol–water partition coefficient (Wildman–Crippen LogP) is 1.10. The second-order valence-electron chi connectivity index (χ2n) is 2.91. The fourth-order valence-corrected chi connectivity index (χ4v) is 2.93. The van der Waals surface area contributed by atoms with Crippen LogP contribution in [0.3, 0.4) is 0 Å². The van der Waals surface area contributed by atoms with Crippen LogP contribution >= 0.6 is 33.9 Å². The third kappa shape index (κ3) is 1.92. The second-order valence-corrected chi connectivity index (χ2v) is 4.99. The zero-order chi connectivity index (χ0) is 10.1. The van der Waals surface area contributed by atoms with Gasteiger partial charge in [0.1, 0.15) is 17.6 Å². The molecule has 0 saturated carbocycles. The molecule has 14 heavy (non-hydrogen) atoms. The van der Waals surface area contributed by atoms with Crippen LogP contribution in [-0.2, 0) is 4.84 Å². The van der Waals surface area contributed by atoms with Gasteiger partial charge in [0.05, 0.1) is 6.54 Å². The number of hydrogen-bond acceptors (Lipinski definition) is 4. The van der Waals surface area contributed by atoms with Crippen LogP contribution in [0.5, 0.6) is 0 Å². The van der Waals surface area contributed by atoms with Gasteiger partial charge in [-0.2, -0.15) is 0 Å². The average molecular weight is 325 g/mol. The van der Waals surface area contributed by atoms with Crippen molar-refractivity contribution in [1.29, 1.82) is 0 Å². The number of thiophene rings is 1. The minimum atomic E-state index is -0.559. The zero-order valence-corrected chi connectivity index (χ0v) is 10.1. The summed E-state index contributed by atoms with van der Waals surface area (Å²) in [7, 11) is 0. The van der Waals surface area contributed by atoms with Crippen molar-refractivity contribution in [1.82, 2.24) is 5.06 Å². The Kier molecular flexibility index (Phi) is 3.05. The molecule has 0 unspecified atom stereocenters. The molecule has 76 valence electrons. The molecule has 0 radical (unpaired) electrons. The number of hydroxylamine groups is 2. The SMILES string of the molecule is O=C(c1sccc1I)N1C[C@@H](O)CO1. The molecule has 1 saturated heterocycles. The molecular formula is C8H8INO3S. The van der Waals surface area contributed by atoms with Gasteiger partial charge >= 0.3 is 0 Å². The Bertz CT molecular complexity index is 354. The summed E-state index contributed by atoms with van der Waals surface area (Å²) in [4.78, 5) is 17.5. The van der Waals surface area contributed by atoms with E-state index < -0.39 is 6.10 Å². The summed E-state index contributed by atoms with van der Waals surface area (Å²) in [5, 5.41) is 12.3. The highest BCUT2D eigenvalue weighted by molar-refractivity contribution is 14.1. The van der Waals surface area contributed by atoms with Gasteiger partial charge in [-0.25, -0.2) is 5.06 Å². The molecule has 1 aromatic heterocycles. The fourth-order valence-electron chi connectivity index (χ4n) is 1.17. The molecule has 2 heterocycles. The molecule has 0 bridgehead atoms. The quantitative estimate of drug-likeness (QED) is 0.787. The Morgan fingerprint density at radius 3 is 3.07 bits per heavy atom. The van der Waals surface area contributed by atoms with Crippen molar-refractivity contribution < 1.29 is 14.7 Å². The Morgan fingerprint density at radius 1 is 1.79 bits per heavy atom. The molecule has 1 aromatic rings. The van der Waals surface area contributed by atoms with Crippen LogP contribution in [0.15, 0.2) is 11.4 Å². The van der Waals surface area contributed by atoms with E-state index in [4.69, 9.17) is 4.84 Å². The van der Waals surface area contributed by atoms with E-state index in [2.05, 4.69) is 22.6 Å². The van der Waals surface area contributed by atoms with Gasteiger partial charge in [-0.1, -0.05) is 0 Å². The Balaban J connectivity index is 2.13. The first-order valence-corrected chi connectivity index (χ1v) is 6.00. The average Bonchev–Trinajstić information content (AvgIpc) is 2.73. The van der Waals surface area contributed by atoms with Crippen LogP contribution in [0, 0.1) is 3.57 Å². The summed E-state index contributed by atoms with van der Waals surface area (Å²) >= 11 is 3.49. The number of aliphatic hydroxyl groups excluding tert-OH is 1. The summed E-state index contributed by atoms with van der Waals surface area (Å²) in [6, 6.07) is 1.88. The van der Waals surface area contributed by atoms with Crippen molar-refractivity contribution in [2.75, 3.05) is 13.2 Å². The second kappa shape index (κ2) is 4.13. The van der Waals surface area contributed by atoms with Gasteiger partial charge in [0.2, 0.25) is 0 Å². The molecule has 0 spiro atoms. The molecule has 1 N–H and O–H groups in total. The summed E-state index contributed by atoms with van der Waals surface area (Å²) in [5.74, 6) is -0.166. The lowest BCUT2D eigenvalue weighted by molar-refractivity contribution is -0.0777. The van der Waals surface area contributed by atoms with Gasteiger partial charge in [0, 0.05) is 3.57 Å². The topological polar surface area (TPSA) is 49.8 Å². The van der Waals surface area contributed by atoms with Crippen molar-refractivity contribution >= 4 is 39.8 Å². The number of amides is 1. The first-order chi connectivity index (χ1) is 6.68. The summed E-state index contributed by atoms with van der Waals surface area (Å²) < 4.78 is 0.919. The minimum Gasteiger partial charge on any atom is -0.389 e. The highest BCUT2D eigenvalue weighted by Crippen LogP contribution is 2.22. The van der Waals surface area contributed by atoms with Crippen LogP contribution in [-0.4, -0.2) is 35.3 Å². The first kappa shape index (κ1) is 10.3. The lowest BCUT2D eigenvalue weighted by atomic mass is 10.4. The van der Waals surface area contributed by atoms with Crippen molar-refractivity contribution in [3.05, 3.63) is 19.9 Å². The van der Waals surface area contributed by atoms with E-state index in [0.717, 1.165) is 3.57 Å². The van der Waals surface area contributed by atoms with Gasteiger partial charge in [0.25, 0.3) is 5.91 Å². The molecular weight excluding hydrogens is 317 g/mol. The molecule has 1 aliphatic heterocycles. The smallest absolute Gasteiger partial charge is 0.288 e. The third-order valence-corrected chi connectivity index (χ3v) is 4.00. The van der Waals surface area contributed by atoms with E-state index in [0.29, 0.717) is 4.88 Å². The Morgan fingerprint density at radius 2 is 2.57 bits per heavy atom. The van der Waals surface area contributed by atoms with E-state index in [1.54, 1.807) is 0 Å². The Hall–Kier alpha value is -0.180. The maximum atomic E-state index is 11.8. The summed E-state index contributed by atoms with van der Waals surface area (Å²) in [6.45, 7) is 0.459. The molecule has 1 aliphatic rings. The number of nitrogens with zero attached hydrogens (tertiary/aromatic N) is 1. The highest BCUT2D eigenvalue weighted by Gasteiger charge is 2.28. The van der Waals surface area contributed by atoms with Gasteiger partial charge < -0.3 is 5.11 Å². The lowest BCUT2D eigenvalue weighted by Gasteiger charge is -2.12. The van der Waals surface area contributed by atoms with E-state index in [1.807, 2.05) is 11.4 Å².